The largest absolute Gasteiger partial charge is 0.497 e. The molecule has 9 nitrogen and oxygen atoms in total. The van der Waals surface area contributed by atoms with Gasteiger partial charge in [0.2, 0.25) is 11.6 Å². The Bertz CT molecular complexity index is 1270. The first-order valence-electron chi connectivity index (χ1n) is 14.3. The van der Waals surface area contributed by atoms with Gasteiger partial charge < -0.3 is 19.1 Å². The van der Waals surface area contributed by atoms with Crippen molar-refractivity contribution in [3.63, 3.8) is 0 Å². The molecule has 1 aliphatic heterocycles. The zero-order valence-electron chi connectivity index (χ0n) is 23.4. The van der Waals surface area contributed by atoms with Crippen LogP contribution in [0.5, 0.6) is 11.6 Å². The Morgan fingerprint density at radius 3 is 2.27 bits per heavy atom. The second-order valence-electron chi connectivity index (χ2n) is 10.5. The van der Waals surface area contributed by atoms with Crippen LogP contribution in [0.25, 0.3) is 0 Å². The number of piperidine rings is 1. The summed E-state index contributed by atoms with van der Waals surface area (Å²) in [6, 6.07) is 15.8. The average molecular weight is 547 g/mol. The Morgan fingerprint density at radius 1 is 0.925 bits per heavy atom. The number of carbonyl (C=O) groups excluding carboxylic acids is 2. The summed E-state index contributed by atoms with van der Waals surface area (Å²) in [5.74, 6) is 1.13. The summed E-state index contributed by atoms with van der Waals surface area (Å²) in [6.45, 7) is 4.13. The molecule has 9 heteroatoms. The van der Waals surface area contributed by atoms with Gasteiger partial charge in [-0.05, 0) is 93.2 Å². The van der Waals surface area contributed by atoms with Crippen molar-refractivity contribution >= 4 is 11.9 Å². The van der Waals surface area contributed by atoms with Crippen LogP contribution in [0.15, 0.2) is 48.5 Å². The van der Waals surface area contributed by atoms with E-state index in [9.17, 15) is 9.59 Å². The summed E-state index contributed by atoms with van der Waals surface area (Å²) >= 11 is 0. The quantitative estimate of drug-likeness (QED) is 0.339. The molecule has 0 atom stereocenters. The summed E-state index contributed by atoms with van der Waals surface area (Å²) in [4.78, 5) is 27.4. The van der Waals surface area contributed by atoms with Gasteiger partial charge in [0.1, 0.15) is 11.9 Å². The molecule has 0 spiro atoms. The van der Waals surface area contributed by atoms with Crippen molar-refractivity contribution in [3.8, 4) is 11.6 Å². The predicted octanol–water partition coefficient (Wildman–Crippen LogP) is 5.24. The van der Waals surface area contributed by atoms with Crippen molar-refractivity contribution in [1.82, 2.24) is 19.9 Å². The predicted molar refractivity (Wildman–Crippen MR) is 150 cm³/mol. The number of nitrogens with zero attached hydrogens (tertiary/aromatic N) is 4. The number of benzene rings is 2. The molecule has 3 aromatic rings. The van der Waals surface area contributed by atoms with Crippen LogP contribution in [-0.2, 0) is 11.3 Å². The van der Waals surface area contributed by atoms with E-state index in [2.05, 4.69) is 22.4 Å². The minimum absolute atomic E-state index is 0.0579. The smallest absolute Gasteiger partial charge is 0.364 e. The number of hydrogen-bond acceptors (Lipinski definition) is 7. The molecule has 40 heavy (non-hydrogen) atoms. The van der Waals surface area contributed by atoms with E-state index in [-0.39, 0.29) is 24.3 Å². The lowest BCUT2D eigenvalue weighted by Gasteiger charge is -2.29. The molecule has 1 saturated carbocycles. The average Bonchev–Trinajstić information content (AvgIpc) is 3.40. The van der Waals surface area contributed by atoms with Crippen LogP contribution in [0.3, 0.4) is 0 Å². The maximum Gasteiger partial charge on any atom is 0.364 e. The molecule has 2 aromatic carbocycles. The molecule has 2 heterocycles. The van der Waals surface area contributed by atoms with E-state index in [0.29, 0.717) is 18.3 Å². The normalized spacial score (nSPS) is 19.2. The fourth-order valence-electron chi connectivity index (χ4n) is 5.61. The molecule has 5 rings (SSSR count). The van der Waals surface area contributed by atoms with E-state index in [1.165, 1.54) is 12.0 Å². The molecule has 1 aromatic heterocycles. The van der Waals surface area contributed by atoms with Crippen LogP contribution in [0.2, 0.25) is 0 Å². The lowest BCUT2D eigenvalue weighted by atomic mass is 9.82. The standard InChI is InChI=1S/C31H38N4O5/c1-3-39-31(37)28-30(35(33-32-28)21-22-7-15-26(38-2)16-8-22)40-27-17-13-24(14-18-27)23-9-11-25(12-10-23)29(36)34-19-5-4-6-20-34/h7-12,15-16,24,27H,3-6,13-14,17-21H2,1-2H3/t24-,27-. The molecule has 1 amide bonds. The fraction of sp³-hybridized carbons (Fsp3) is 0.484. The third-order valence-electron chi connectivity index (χ3n) is 7.87. The van der Waals surface area contributed by atoms with Crippen molar-refractivity contribution in [2.75, 3.05) is 26.8 Å². The van der Waals surface area contributed by atoms with E-state index >= 15 is 0 Å². The number of rotatable bonds is 9. The topological polar surface area (TPSA) is 95.8 Å². The number of methoxy groups -OCH3 is 1. The molecular weight excluding hydrogens is 508 g/mol. The third kappa shape index (κ3) is 6.46. The summed E-state index contributed by atoms with van der Waals surface area (Å²) in [5, 5.41) is 8.33. The van der Waals surface area contributed by atoms with Crippen molar-refractivity contribution in [1.29, 1.82) is 0 Å². The lowest BCUT2D eigenvalue weighted by molar-refractivity contribution is 0.0506. The second-order valence-corrected chi connectivity index (χ2v) is 10.5. The number of ether oxygens (including phenoxy) is 3. The van der Waals surface area contributed by atoms with Gasteiger partial charge in [-0.1, -0.05) is 29.5 Å². The van der Waals surface area contributed by atoms with Crippen LogP contribution in [0.4, 0.5) is 0 Å². The molecule has 0 N–H and O–H groups in total. The summed E-state index contributed by atoms with van der Waals surface area (Å²) in [5.41, 5.74) is 3.11. The Kier molecular flexibility index (Phi) is 8.98. The highest BCUT2D eigenvalue weighted by atomic mass is 16.5. The van der Waals surface area contributed by atoms with Gasteiger partial charge in [-0.15, -0.1) is 5.10 Å². The maximum atomic E-state index is 12.8. The second kappa shape index (κ2) is 13.0. The van der Waals surface area contributed by atoms with Crippen LogP contribution >= 0.6 is 0 Å². The van der Waals surface area contributed by atoms with Crippen molar-refractivity contribution in [2.24, 2.45) is 0 Å². The molecule has 2 fully saturated rings. The van der Waals surface area contributed by atoms with Gasteiger partial charge in [0.15, 0.2) is 0 Å². The Labute approximate surface area is 235 Å². The number of carbonyl (C=O) groups is 2. The summed E-state index contributed by atoms with van der Waals surface area (Å²) in [7, 11) is 1.63. The minimum Gasteiger partial charge on any atom is -0.497 e. The van der Waals surface area contributed by atoms with E-state index in [1.54, 1.807) is 18.7 Å². The van der Waals surface area contributed by atoms with Gasteiger partial charge in [0, 0.05) is 18.7 Å². The third-order valence-corrected chi connectivity index (χ3v) is 7.87. The maximum absolute atomic E-state index is 12.8. The van der Waals surface area contributed by atoms with Crippen molar-refractivity contribution in [3.05, 3.63) is 70.9 Å². The van der Waals surface area contributed by atoms with E-state index in [0.717, 1.165) is 68.5 Å². The molecule has 212 valence electrons. The number of amides is 1. The Balaban J connectivity index is 1.22. The highest BCUT2D eigenvalue weighted by Crippen LogP contribution is 2.35. The molecule has 0 bridgehead atoms. The van der Waals surface area contributed by atoms with Gasteiger partial charge in [0.25, 0.3) is 5.91 Å². The van der Waals surface area contributed by atoms with Gasteiger partial charge in [-0.2, -0.15) is 0 Å². The Hall–Kier alpha value is -3.88. The molecule has 1 aliphatic carbocycles. The number of hydrogen-bond donors (Lipinski definition) is 0. The van der Waals surface area contributed by atoms with Crippen LogP contribution in [0.1, 0.15) is 89.8 Å². The first-order valence-corrected chi connectivity index (χ1v) is 14.3. The highest BCUT2D eigenvalue weighted by Gasteiger charge is 2.29. The number of esters is 1. The first-order chi connectivity index (χ1) is 19.6. The molecule has 0 unspecified atom stereocenters. The van der Waals surface area contributed by atoms with E-state index in [1.807, 2.05) is 41.3 Å². The monoisotopic (exact) mass is 546 g/mol. The van der Waals surface area contributed by atoms with Crippen molar-refractivity contribution < 1.29 is 23.8 Å². The Morgan fingerprint density at radius 2 is 1.62 bits per heavy atom. The summed E-state index contributed by atoms with van der Waals surface area (Å²) in [6.07, 6.45) is 6.93. The summed E-state index contributed by atoms with van der Waals surface area (Å²) < 4.78 is 18.5. The molecule has 1 saturated heterocycles. The molecule has 2 aliphatic rings. The SMILES string of the molecule is CCOC(=O)c1nnn(Cc2ccc(OC)cc2)c1O[C@H]1CC[C@H](c2ccc(C(=O)N3CCCCC3)cc2)CC1. The van der Waals surface area contributed by atoms with Crippen LogP contribution in [0, 0.1) is 0 Å². The van der Waals surface area contributed by atoms with Crippen LogP contribution < -0.4 is 9.47 Å². The van der Waals surface area contributed by atoms with Gasteiger partial charge in [-0.25, -0.2) is 9.48 Å². The molecular formula is C31H38N4O5. The molecule has 0 radical (unpaired) electrons. The van der Waals surface area contributed by atoms with Gasteiger partial charge >= 0.3 is 5.97 Å². The van der Waals surface area contributed by atoms with Gasteiger partial charge in [-0.3, -0.25) is 4.79 Å². The van der Waals surface area contributed by atoms with Gasteiger partial charge in [0.05, 0.1) is 20.3 Å². The fourth-order valence-corrected chi connectivity index (χ4v) is 5.61. The zero-order valence-corrected chi connectivity index (χ0v) is 23.4. The minimum atomic E-state index is -0.536. The van der Waals surface area contributed by atoms with E-state index in [4.69, 9.17) is 14.2 Å². The zero-order chi connectivity index (χ0) is 27.9. The van der Waals surface area contributed by atoms with E-state index < -0.39 is 5.97 Å². The lowest BCUT2D eigenvalue weighted by Crippen LogP contribution is -2.35. The highest BCUT2D eigenvalue weighted by molar-refractivity contribution is 5.94. The van der Waals surface area contributed by atoms with Crippen molar-refractivity contribution in [2.45, 2.75) is 70.4 Å². The number of likely N-dealkylation sites (tertiary alicyclic amines) is 1. The van der Waals surface area contributed by atoms with Crippen LogP contribution in [-0.4, -0.2) is 64.7 Å². The first kappa shape index (κ1) is 27.7. The number of aromatic nitrogens is 3.